The smallest absolute Gasteiger partial charge is 0.303 e. The molecule has 0 aromatic heterocycles. The first-order chi connectivity index (χ1) is 16.5. The van der Waals surface area contributed by atoms with E-state index in [0.29, 0.717) is 11.3 Å². The van der Waals surface area contributed by atoms with Crippen molar-refractivity contribution in [2.24, 2.45) is 5.16 Å². The number of oxime groups is 1. The molecule has 1 aromatic carbocycles. The summed E-state index contributed by atoms with van der Waals surface area (Å²) in [5.74, 6) is -2.25. The van der Waals surface area contributed by atoms with E-state index < -0.39 is 53.7 Å². The summed E-state index contributed by atoms with van der Waals surface area (Å²) in [6.07, 6.45) is -4.98. The summed E-state index contributed by atoms with van der Waals surface area (Å²) in [6.45, 7) is 4.23. The molecule has 12 nitrogen and oxygen atoms in total. The molecule has 0 saturated carbocycles. The SMILES string of the molecule is COc1ccc(/C(=N/O)S[C@@H]2O[C@H](COC(C)=O)[C@@H](OC(C)=O)[C@H](OC(C)=O)[C@H]2OC(C)=O)cc1. The van der Waals surface area contributed by atoms with Crippen LogP contribution in [-0.2, 0) is 42.9 Å². The van der Waals surface area contributed by atoms with Crippen LogP contribution in [0.2, 0.25) is 0 Å². The summed E-state index contributed by atoms with van der Waals surface area (Å²) in [5.41, 5.74) is -0.644. The van der Waals surface area contributed by atoms with E-state index >= 15 is 0 Å². The largest absolute Gasteiger partial charge is 0.497 e. The van der Waals surface area contributed by atoms with E-state index in [-0.39, 0.29) is 11.7 Å². The van der Waals surface area contributed by atoms with Crippen LogP contribution in [0.1, 0.15) is 33.3 Å². The molecule has 0 unspecified atom stereocenters. The maximum Gasteiger partial charge on any atom is 0.303 e. The number of nitrogens with zero attached hydrogens (tertiary/aromatic N) is 1. The first-order valence-corrected chi connectivity index (χ1v) is 11.3. The number of esters is 4. The summed E-state index contributed by atoms with van der Waals surface area (Å²) in [7, 11) is 1.50. The molecule has 0 radical (unpaired) electrons. The van der Waals surface area contributed by atoms with Gasteiger partial charge in [-0.15, -0.1) is 0 Å². The van der Waals surface area contributed by atoms with Crippen LogP contribution in [0.15, 0.2) is 29.4 Å². The minimum Gasteiger partial charge on any atom is -0.497 e. The van der Waals surface area contributed by atoms with Gasteiger partial charge >= 0.3 is 23.9 Å². The van der Waals surface area contributed by atoms with E-state index in [9.17, 15) is 24.4 Å². The van der Waals surface area contributed by atoms with E-state index in [1.165, 1.54) is 14.0 Å². The van der Waals surface area contributed by atoms with Gasteiger partial charge in [0.2, 0.25) is 0 Å². The third kappa shape index (κ3) is 8.14. The molecule has 1 N–H and O–H groups in total. The molecule has 0 spiro atoms. The predicted octanol–water partition coefficient (Wildman–Crippen LogP) is 1.65. The Bertz CT molecular complexity index is 949. The van der Waals surface area contributed by atoms with Gasteiger partial charge in [0.1, 0.15) is 23.5 Å². The number of carbonyl (C=O) groups excluding carboxylic acids is 4. The lowest BCUT2D eigenvalue weighted by atomic mass is 9.99. The number of benzene rings is 1. The Morgan fingerprint density at radius 3 is 1.91 bits per heavy atom. The van der Waals surface area contributed by atoms with Crippen LogP contribution < -0.4 is 4.74 Å². The van der Waals surface area contributed by atoms with Crippen LogP contribution in [0.4, 0.5) is 0 Å². The lowest BCUT2D eigenvalue weighted by Gasteiger charge is -2.44. The standard InChI is InChI=1S/C22H27NO11S/c1-11(24)30-10-17-18(31-12(2)25)19(32-13(3)26)20(33-14(4)27)22(34-17)35-21(23-28)15-6-8-16(29-5)9-7-15/h6-9,17-20,22,28H,10H2,1-5H3/b23-21-/t17-,18-,19+,20-,22+/m1/s1. The topological polar surface area (TPSA) is 156 Å². The van der Waals surface area contributed by atoms with Gasteiger partial charge in [-0.05, 0) is 24.3 Å². The first kappa shape index (κ1) is 27.9. The minimum absolute atomic E-state index is 0.0774. The summed E-state index contributed by atoms with van der Waals surface area (Å²) in [6, 6.07) is 6.56. The number of carbonyl (C=O) groups is 4. The Labute approximate surface area is 205 Å². The van der Waals surface area contributed by atoms with Gasteiger partial charge in [-0.25, -0.2) is 0 Å². The number of thioether (sulfide) groups is 1. The fraction of sp³-hybridized carbons (Fsp3) is 0.500. The normalized spacial score (nSPS) is 24.1. The Morgan fingerprint density at radius 1 is 0.886 bits per heavy atom. The highest BCUT2D eigenvalue weighted by Crippen LogP contribution is 2.36. The molecule has 192 valence electrons. The lowest BCUT2D eigenvalue weighted by molar-refractivity contribution is -0.237. The van der Waals surface area contributed by atoms with Crippen molar-refractivity contribution in [2.75, 3.05) is 13.7 Å². The number of hydrogen-bond donors (Lipinski definition) is 1. The summed E-state index contributed by atoms with van der Waals surface area (Å²) in [5, 5.41) is 13.1. The summed E-state index contributed by atoms with van der Waals surface area (Å²) in [4.78, 5) is 47.0. The van der Waals surface area contributed by atoms with E-state index in [1.54, 1.807) is 24.3 Å². The maximum atomic E-state index is 11.9. The molecule has 0 amide bonds. The minimum atomic E-state index is -1.32. The molecule has 1 aliphatic rings. The Kier molecular flexibility index (Phi) is 10.3. The van der Waals surface area contributed by atoms with Crippen LogP contribution in [0.25, 0.3) is 0 Å². The molecule has 13 heteroatoms. The van der Waals surface area contributed by atoms with Crippen LogP contribution in [-0.4, -0.2) is 77.7 Å². The molecule has 35 heavy (non-hydrogen) atoms. The van der Waals surface area contributed by atoms with E-state index in [4.69, 9.17) is 28.4 Å². The highest BCUT2D eigenvalue weighted by Gasteiger charge is 2.52. The second kappa shape index (κ2) is 13.0. The monoisotopic (exact) mass is 513 g/mol. The Morgan fingerprint density at radius 2 is 1.43 bits per heavy atom. The van der Waals surface area contributed by atoms with Crippen molar-refractivity contribution in [1.29, 1.82) is 0 Å². The van der Waals surface area contributed by atoms with Gasteiger partial charge in [0, 0.05) is 33.3 Å². The molecule has 0 aliphatic carbocycles. The summed E-state index contributed by atoms with van der Waals surface area (Å²) < 4.78 is 32.3. The van der Waals surface area contributed by atoms with Gasteiger partial charge in [-0.3, -0.25) is 19.2 Å². The molecular formula is C22H27NO11S. The molecule has 0 bridgehead atoms. The van der Waals surface area contributed by atoms with Gasteiger partial charge in [-0.1, -0.05) is 16.9 Å². The van der Waals surface area contributed by atoms with Gasteiger partial charge in [0.25, 0.3) is 0 Å². The van der Waals surface area contributed by atoms with Crippen LogP contribution >= 0.6 is 11.8 Å². The Balaban J connectivity index is 2.47. The zero-order valence-electron chi connectivity index (χ0n) is 19.8. The van der Waals surface area contributed by atoms with E-state index in [1.807, 2.05) is 0 Å². The third-order valence-corrected chi connectivity index (χ3v) is 5.76. The highest BCUT2D eigenvalue weighted by atomic mass is 32.2. The zero-order valence-corrected chi connectivity index (χ0v) is 20.6. The highest BCUT2D eigenvalue weighted by molar-refractivity contribution is 8.14. The van der Waals surface area contributed by atoms with Crippen molar-refractivity contribution in [3.05, 3.63) is 29.8 Å². The Hall–Kier alpha value is -3.32. The number of ether oxygens (including phenoxy) is 6. The molecule has 1 fully saturated rings. The number of hydrogen-bond acceptors (Lipinski definition) is 13. The average molecular weight is 514 g/mol. The zero-order chi connectivity index (χ0) is 26.1. The molecule has 2 rings (SSSR count). The fourth-order valence-corrected chi connectivity index (χ4v) is 4.36. The third-order valence-electron chi connectivity index (χ3n) is 4.60. The molecule has 1 aromatic rings. The van der Waals surface area contributed by atoms with Gasteiger partial charge in [-0.2, -0.15) is 0 Å². The van der Waals surface area contributed by atoms with Crippen molar-refractivity contribution in [3.63, 3.8) is 0 Å². The summed E-state index contributed by atoms with van der Waals surface area (Å²) >= 11 is 0.860. The quantitative estimate of drug-likeness (QED) is 0.134. The second-order valence-corrected chi connectivity index (χ2v) is 8.41. The lowest BCUT2D eigenvalue weighted by Crippen LogP contribution is -2.61. The molecule has 1 heterocycles. The first-order valence-electron chi connectivity index (χ1n) is 10.4. The van der Waals surface area contributed by atoms with Gasteiger partial charge in [0.15, 0.2) is 23.7 Å². The average Bonchev–Trinajstić information content (AvgIpc) is 2.79. The maximum absolute atomic E-state index is 11.9. The van der Waals surface area contributed by atoms with Crippen molar-refractivity contribution in [2.45, 2.75) is 57.5 Å². The van der Waals surface area contributed by atoms with E-state index in [2.05, 4.69) is 5.16 Å². The molecular weight excluding hydrogens is 486 g/mol. The van der Waals surface area contributed by atoms with Gasteiger partial charge in [0.05, 0.1) is 7.11 Å². The molecule has 1 saturated heterocycles. The fourth-order valence-electron chi connectivity index (χ4n) is 3.28. The molecule has 5 atom stereocenters. The predicted molar refractivity (Wildman–Crippen MR) is 121 cm³/mol. The van der Waals surface area contributed by atoms with Crippen molar-refractivity contribution < 1.29 is 52.8 Å². The van der Waals surface area contributed by atoms with Crippen molar-refractivity contribution in [1.82, 2.24) is 0 Å². The van der Waals surface area contributed by atoms with Crippen LogP contribution in [0, 0.1) is 0 Å². The van der Waals surface area contributed by atoms with Crippen LogP contribution in [0.5, 0.6) is 5.75 Å². The number of rotatable bonds is 8. The van der Waals surface area contributed by atoms with Gasteiger partial charge < -0.3 is 33.6 Å². The van der Waals surface area contributed by atoms with Crippen LogP contribution in [0.3, 0.4) is 0 Å². The van der Waals surface area contributed by atoms with E-state index in [0.717, 1.165) is 32.5 Å². The van der Waals surface area contributed by atoms with Crippen molar-refractivity contribution >= 4 is 40.7 Å². The number of methoxy groups -OCH3 is 1. The van der Waals surface area contributed by atoms with Crippen molar-refractivity contribution in [3.8, 4) is 5.75 Å². The second-order valence-electron chi connectivity index (χ2n) is 7.32. The molecule has 1 aliphatic heterocycles.